The Hall–Kier alpha value is -0.750. The molecule has 5 nitrogen and oxygen atoms in total. The van der Waals surface area contributed by atoms with Crippen LogP contribution in [0.25, 0.3) is 0 Å². The lowest BCUT2D eigenvalue weighted by Crippen LogP contribution is -2.52. The van der Waals surface area contributed by atoms with Gasteiger partial charge in [-0.05, 0) is 18.3 Å². The normalized spacial score (nSPS) is 33.7. The van der Waals surface area contributed by atoms with E-state index in [2.05, 4.69) is 0 Å². The van der Waals surface area contributed by atoms with Crippen LogP contribution in [0.15, 0.2) is 0 Å². The first-order valence-corrected chi connectivity index (χ1v) is 8.59. The molecule has 0 aromatic heterocycles. The van der Waals surface area contributed by atoms with Gasteiger partial charge in [0.15, 0.2) is 0 Å². The molecule has 1 aliphatic carbocycles. The number of ether oxygens (including phenoxy) is 1. The smallest absolute Gasteiger partial charge is 0.307 e. The van der Waals surface area contributed by atoms with Crippen LogP contribution in [0.3, 0.4) is 0 Å². The van der Waals surface area contributed by atoms with E-state index in [1.54, 1.807) is 0 Å². The zero-order valence-corrected chi connectivity index (χ0v) is 13.4. The Morgan fingerprint density at radius 3 is 2.48 bits per heavy atom. The third-order valence-electron chi connectivity index (χ3n) is 5.32. The van der Waals surface area contributed by atoms with Gasteiger partial charge < -0.3 is 14.7 Å². The molecule has 2 atom stereocenters. The number of hydrogen-bond donors (Lipinski definition) is 1. The van der Waals surface area contributed by atoms with Crippen molar-refractivity contribution in [1.29, 1.82) is 0 Å². The lowest BCUT2D eigenvalue weighted by molar-refractivity contribution is -0.142. The molecule has 2 heterocycles. The lowest BCUT2D eigenvalue weighted by atomic mass is 9.97. The number of aliphatic carboxylic acids is 1. The Morgan fingerprint density at radius 1 is 1.24 bits per heavy atom. The van der Waals surface area contributed by atoms with Crippen LogP contribution in [-0.2, 0) is 14.3 Å². The number of carboxylic acids is 1. The van der Waals surface area contributed by atoms with Crippen LogP contribution >= 0.6 is 11.8 Å². The molecule has 1 saturated carbocycles. The van der Waals surface area contributed by atoms with E-state index >= 15 is 0 Å². The number of amides is 1. The van der Waals surface area contributed by atoms with E-state index in [0.29, 0.717) is 0 Å². The van der Waals surface area contributed by atoms with Crippen molar-refractivity contribution in [3.8, 4) is 0 Å². The van der Waals surface area contributed by atoms with Crippen LogP contribution in [-0.4, -0.2) is 58.7 Å². The highest BCUT2D eigenvalue weighted by Gasteiger charge is 2.66. The number of thioether (sulfide) groups is 1. The standard InChI is InChI=1S/C15H23NO4S/c1-14(2)10(11(14)13(18)19)12(17)16-5-8-21-15(9-16)3-6-20-7-4-15/h10-11H,3-9H2,1-2H3,(H,18,19)/t10-,11+/m1/s1. The van der Waals surface area contributed by atoms with Crippen LogP contribution in [0.4, 0.5) is 0 Å². The maximum atomic E-state index is 12.7. The van der Waals surface area contributed by atoms with Gasteiger partial charge >= 0.3 is 5.97 Å². The molecular formula is C15H23NO4S. The summed E-state index contributed by atoms with van der Waals surface area (Å²) in [7, 11) is 0. The van der Waals surface area contributed by atoms with Crippen LogP contribution in [0, 0.1) is 17.3 Å². The minimum Gasteiger partial charge on any atom is -0.481 e. The molecule has 0 radical (unpaired) electrons. The topological polar surface area (TPSA) is 66.8 Å². The molecule has 2 saturated heterocycles. The molecular weight excluding hydrogens is 290 g/mol. The Balaban J connectivity index is 1.69. The largest absolute Gasteiger partial charge is 0.481 e. The number of hydrogen-bond acceptors (Lipinski definition) is 4. The predicted molar refractivity (Wildman–Crippen MR) is 80.2 cm³/mol. The number of carbonyl (C=O) groups is 2. The maximum Gasteiger partial charge on any atom is 0.307 e. The van der Waals surface area contributed by atoms with Crippen LogP contribution in [0.5, 0.6) is 0 Å². The third-order valence-corrected chi connectivity index (χ3v) is 6.86. The molecule has 0 bridgehead atoms. The number of nitrogens with zero attached hydrogens (tertiary/aromatic N) is 1. The second kappa shape index (κ2) is 5.16. The Bertz CT molecular complexity index is 453. The van der Waals surface area contributed by atoms with Gasteiger partial charge in [0.05, 0.1) is 11.8 Å². The molecule has 0 aromatic carbocycles. The Morgan fingerprint density at radius 2 is 1.90 bits per heavy atom. The summed E-state index contributed by atoms with van der Waals surface area (Å²) in [5, 5.41) is 9.26. The van der Waals surface area contributed by atoms with Crippen molar-refractivity contribution in [2.75, 3.05) is 32.1 Å². The monoisotopic (exact) mass is 313 g/mol. The van der Waals surface area contributed by atoms with Crippen molar-refractivity contribution < 1.29 is 19.4 Å². The zero-order chi connectivity index (χ0) is 15.3. The van der Waals surface area contributed by atoms with Crippen molar-refractivity contribution in [1.82, 2.24) is 4.90 Å². The SMILES string of the molecule is CC1(C)[C@H](C(=O)O)[C@@H]1C(=O)N1CCSC2(CCOCC2)C1. The highest BCUT2D eigenvalue weighted by Crippen LogP contribution is 2.59. The van der Waals surface area contributed by atoms with E-state index in [0.717, 1.165) is 44.9 Å². The van der Waals surface area contributed by atoms with Crippen LogP contribution in [0.2, 0.25) is 0 Å². The van der Waals surface area contributed by atoms with Gasteiger partial charge in [-0.2, -0.15) is 11.8 Å². The molecule has 0 aromatic rings. The second-order valence-corrected chi connectivity index (χ2v) is 8.58. The van der Waals surface area contributed by atoms with Crippen molar-refractivity contribution in [3.63, 3.8) is 0 Å². The summed E-state index contributed by atoms with van der Waals surface area (Å²) in [6, 6.07) is 0. The minimum atomic E-state index is -0.842. The van der Waals surface area contributed by atoms with E-state index in [-0.39, 0.29) is 16.6 Å². The van der Waals surface area contributed by atoms with Gasteiger partial charge in [0.1, 0.15) is 0 Å². The van der Waals surface area contributed by atoms with Gasteiger partial charge in [0.25, 0.3) is 0 Å². The maximum absolute atomic E-state index is 12.7. The quantitative estimate of drug-likeness (QED) is 0.836. The molecule has 0 unspecified atom stereocenters. The van der Waals surface area contributed by atoms with Crippen molar-refractivity contribution >= 4 is 23.6 Å². The molecule has 6 heteroatoms. The lowest BCUT2D eigenvalue weighted by Gasteiger charge is -2.44. The number of carboxylic acid groups (broad SMARTS) is 1. The number of carbonyl (C=O) groups excluding carboxylic acids is 1. The second-order valence-electron chi connectivity index (χ2n) is 7.02. The average molecular weight is 313 g/mol. The van der Waals surface area contributed by atoms with E-state index < -0.39 is 17.3 Å². The summed E-state index contributed by atoms with van der Waals surface area (Å²) in [6.45, 7) is 6.79. The molecule has 1 spiro atoms. The summed E-state index contributed by atoms with van der Waals surface area (Å²) < 4.78 is 5.57. The fourth-order valence-electron chi connectivity index (χ4n) is 3.84. The van der Waals surface area contributed by atoms with Gasteiger partial charge in [0, 0.05) is 36.8 Å². The Kier molecular flexibility index (Phi) is 3.72. The highest BCUT2D eigenvalue weighted by molar-refractivity contribution is 8.00. The van der Waals surface area contributed by atoms with E-state index in [1.165, 1.54) is 0 Å². The highest BCUT2D eigenvalue weighted by atomic mass is 32.2. The summed E-state index contributed by atoms with van der Waals surface area (Å²) in [5.74, 6) is -0.735. The first-order chi connectivity index (χ1) is 9.87. The van der Waals surface area contributed by atoms with Gasteiger partial charge in [-0.25, -0.2) is 0 Å². The van der Waals surface area contributed by atoms with Crippen LogP contribution < -0.4 is 0 Å². The molecule has 21 heavy (non-hydrogen) atoms. The molecule has 1 N–H and O–H groups in total. The van der Waals surface area contributed by atoms with E-state index in [9.17, 15) is 14.7 Å². The summed E-state index contributed by atoms with van der Waals surface area (Å²) in [5.41, 5.74) is -0.406. The fraction of sp³-hybridized carbons (Fsp3) is 0.867. The van der Waals surface area contributed by atoms with Crippen molar-refractivity contribution in [2.24, 2.45) is 17.3 Å². The Labute approximate surface area is 129 Å². The number of rotatable bonds is 2. The minimum absolute atomic E-state index is 0.0403. The molecule has 3 rings (SSSR count). The fourth-order valence-corrected chi connectivity index (χ4v) is 5.28. The summed E-state index contributed by atoms with van der Waals surface area (Å²) >= 11 is 1.96. The van der Waals surface area contributed by atoms with Gasteiger partial charge in [-0.3, -0.25) is 9.59 Å². The molecule has 3 aliphatic rings. The van der Waals surface area contributed by atoms with Gasteiger partial charge in [-0.15, -0.1) is 0 Å². The van der Waals surface area contributed by atoms with Gasteiger partial charge in [-0.1, -0.05) is 13.8 Å². The summed E-state index contributed by atoms with van der Waals surface area (Å²) in [4.78, 5) is 25.9. The van der Waals surface area contributed by atoms with E-state index in [1.807, 2.05) is 30.5 Å². The summed E-state index contributed by atoms with van der Waals surface area (Å²) in [6.07, 6.45) is 1.97. The van der Waals surface area contributed by atoms with E-state index in [4.69, 9.17) is 4.74 Å². The zero-order valence-electron chi connectivity index (χ0n) is 12.6. The molecule has 3 fully saturated rings. The molecule has 1 amide bonds. The van der Waals surface area contributed by atoms with Crippen molar-refractivity contribution in [3.05, 3.63) is 0 Å². The predicted octanol–water partition coefficient (Wildman–Crippen LogP) is 1.47. The van der Waals surface area contributed by atoms with Crippen LogP contribution in [0.1, 0.15) is 26.7 Å². The first-order valence-electron chi connectivity index (χ1n) is 7.61. The van der Waals surface area contributed by atoms with Gasteiger partial charge in [0.2, 0.25) is 5.91 Å². The molecule has 118 valence electrons. The van der Waals surface area contributed by atoms with Crippen molar-refractivity contribution in [2.45, 2.75) is 31.4 Å². The average Bonchev–Trinajstić information content (AvgIpc) is 3.02. The first kappa shape index (κ1) is 15.2. The third kappa shape index (κ3) is 2.57. The molecule has 2 aliphatic heterocycles.